The van der Waals surface area contributed by atoms with Gasteiger partial charge in [-0.2, -0.15) is 0 Å². The predicted molar refractivity (Wildman–Crippen MR) is 82.9 cm³/mol. The molecule has 0 spiro atoms. The van der Waals surface area contributed by atoms with Crippen LogP contribution in [-0.2, 0) is 4.74 Å². The Kier molecular flexibility index (Phi) is 6.60. The monoisotopic (exact) mass is 282 g/mol. The molecular formula is C15H30N4O. The molecule has 2 atom stereocenters. The van der Waals surface area contributed by atoms with Gasteiger partial charge in [-0.1, -0.05) is 13.3 Å². The van der Waals surface area contributed by atoms with Gasteiger partial charge in [-0.05, 0) is 44.7 Å². The molecule has 2 fully saturated rings. The largest absolute Gasteiger partial charge is 0.376 e. The average Bonchev–Trinajstić information content (AvgIpc) is 2.97. The minimum absolute atomic E-state index is 0.314. The molecule has 0 aromatic rings. The molecule has 0 radical (unpaired) electrons. The lowest BCUT2D eigenvalue weighted by Gasteiger charge is -2.28. The Balaban J connectivity index is 1.59. The molecule has 3 N–H and O–H groups in total. The predicted octanol–water partition coefficient (Wildman–Crippen LogP) is 1.19. The highest BCUT2D eigenvalue weighted by Crippen LogP contribution is 2.11. The summed E-state index contributed by atoms with van der Waals surface area (Å²) in [6.45, 7) is 8.38. The van der Waals surface area contributed by atoms with Gasteiger partial charge in [0.2, 0.25) is 0 Å². The number of nitrogens with zero attached hydrogens (tertiary/aromatic N) is 2. The summed E-state index contributed by atoms with van der Waals surface area (Å²) >= 11 is 0. The molecule has 0 aromatic heterocycles. The van der Waals surface area contributed by atoms with Gasteiger partial charge in [-0.25, -0.2) is 0 Å². The zero-order valence-corrected chi connectivity index (χ0v) is 12.8. The number of hydrogen-bond donors (Lipinski definition) is 2. The molecule has 5 nitrogen and oxygen atoms in total. The molecular weight excluding hydrogens is 252 g/mol. The van der Waals surface area contributed by atoms with Crippen molar-refractivity contribution in [2.24, 2.45) is 16.6 Å². The van der Waals surface area contributed by atoms with Gasteiger partial charge in [0.05, 0.1) is 6.10 Å². The quantitative estimate of drug-likeness (QED) is 0.567. The number of rotatable bonds is 6. The molecule has 0 bridgehead atoms. The third-order valence-electron chi connectivity index (χ3n) is 4.13. The summed E-state index contributed by atoms with van der Waals surface area (Å²) in [5, 5.41) is 3.17. The number of hydrogen-bond acceptors (Lipinski definition) is 3. The standard InChI is InChI=1S/C15H30N4O/c1-13(12-19-7-3-2-4-8-19)10-17-15(16)18-11-14-6-5-9-20-14/h13-14H,2-12H2,1H3,(H3,16,17,18). The highest BCUT2D eigenvalue weighted by Gasteiger charge is 2.15. The molecule has 5 heteroatoms. The van der Waals surface area contributed by atoms with Gasteiger partial charge in [0.25, 0.3) is 0 Å². The summed E-state index contributed by atoms with van der Waals surface area (Å²) in [6, 6.07) is 0. The molecule has 2 rings (SSSR count). The van der Waals surface area contributed by atoms with Crippen molar-refractivity contribution in [3.8, 4) is 0 Å². The normalized spacial score (nSPS) is 26.6. The van der Waals surface area contributed by atoms with E-state index in [1.54, 1.807) is 0 Å². The second kappa shape index (κ2) is 8.47. The van der Waals surface area contributed by atoms with E-state index in [1.807, 2.05) is 0 Å². The number of likely N-dealkylation sites (tertiary alicyclic amines) is 1. The molecule has 2 heterocycles. The molecule has 0 aliphatic carbocycles. The number of guanidine groups is 1. The van der Waals surface area contributed by atoms with Crippen LogP contribution in [0.3, 0.4) is 0 Å². The number of piperidine rings is 1. The molecule has 116 valence electrons. The summed E-state index contributed by atoms with van der Waals surface area (Å²) in [5.74, 6) is 1.13. The zero-order chi connectivity index (χ0) is 14.2. The molecule has 20 heavy (non-hydrogen) atoms. The van der Waals surface area contributed by atoms with Gasteiger partial charge >= 0.3 is 0 Å². The zero-order valence-electron chi connectivity index (χ0n) is 12.8. The van der Waals surface area contributed by atoms with Crippen LogP contribution in [0.15, 0.2) is 4.99 Å². The van der Waals surface area contributed by atoms with Gasteiger partial charge in [0.1, 0.15) is 0 Å². The van der Waals surface area contributed by atoms with Crippen molar-refractivity contribution in [1.82, 2.24) is 10.2 Å². The summed E-state index contributed by atoms with van der Waals surface area (Å²) in [4.78, 5) is 7.01. The second-order valence-electron chi connectivity index (χ2n) is 6.21. The minimum Gasteiger partial charge on any atom is -0.376 e. The molecule has 0 saturated carbocycles. The number of aliphatic imine (C=N–C) groups is 1. The number of nitrogens with two attached hydrogens (primary N) is 1. The molecule has 2 unspecified atom stereocenters. The van der Waals surface area contributed by atoms with Gasteiger partial charge in [0.15, 0.2) is 5.96 Å². The van der Waals surface area contributed by atoms with Crippen molar-refractivity contribution in [3.63, 3.8) is 0 Å². The Labute approximate surface area is 122 Å². The summed E-state index contributed by atoms with van der Waals surface area (Å²) in [5.41, 5.74) is 5.90. The minimum atomic E-state index is 0.314. The van der Waals surface area contributed by atoms with Gasteiger partial charge in [-0.15, -0.1) is 0 Å². The maximum Gasteiger partial charge on any atom is 0.188 e. The lowest BCUT2D eigenvalue weighted by Crippen LogP contribution is -2.38. The first-order chi connectivity index (χ1) is 9.74. The SMILES string of the molecule is CC(CN=C(N)NCC1CCCO1)CN1CCCCC1. The van der Waals surface area contributed by atoms with Crippen molar-refractivity contribution < 1.29 is 4.74 Å². The van der Waals surface area contributed by atoms with Crippen molar-refractivity contribution in [3.05, 3.63) is 0 Å². The van der Waals surface area contributed by atoms with Gasteiger partial charge < -0.3 is 20.7 Å². The van der Waals surface area contributed by atoms with Crippen LogP contribution in [0.2, 0.25) is 0 Å². The first kappa shape index (κ1) is 15.6. The van der Waals surface area contributed by atoms with Crippen LogP contribution in [-0.4, -0.2) is 56.3 Å². The van der Waals surface area contributed by atoms with Crippen LogP contribution in [0.1, 0.15) is 39.0 Å². The van der Waals surface area contributed by atoms with E-state index in [-0.39, 0.29) is 0 Å². The number of nitrogens with one attached hydrogen (secondary N) is 1. The third-order valence-corrected chi connectivity index (χ3v) is 4.13. The Hall–Kier alpha value is -0.810. The molecule has 0 amide bonds. The highest BCUT2D eigenvalue weighted by molar-refractivity contribution is 5.77. The molecule has 2 saturated heterocycles. The van der Waals surface area contributed by atoms with E-state index in [2.05, 4.69) is 22.1 Å². The lowest BCUT2D eigenvalue weighted by atomic mass is 10.1. The van der Waals surface area contributed by atoms with Crippen LogP contribution in [0.5, 0.6) is 0 Å². The van der Waals surface area contributed by atoms with Crippen molar-refractivity contribution in [2.75, 3.05) is 39.3 Å². The van der Waals surface area contributed by atoms with E-state index in [9.17, 15) is 0 Å². The topological polar surface area (TPSA) is 62.9 Å². The van der Waals surface area contributed by atoms with Crippen LogP contribution < -0.4 is 11.1 Å². The lowest BCUT2D eigenvalue weighted by molar-refractivity contribution is 0.114. The van der Waals surface area contributed by atoms with E-state index < -0.39 is 0 Å². The molecule has 2 aliphatic heterocycles. The highest BCUT2D eigenvalue weighted by atomic mass is 16.5. The van der Waals surface area contributed by atoms with E-state index in [0.717, 1.165) is 39.1 Å². The van der Waals surface area contributed by atoms with Crippen LogP contribution in [0.4, 0.5) is 0 Å². The third kappa shape index (κ3) is 5.67. The van der Waals surface area contributed by atoms with E-state index in [4.69, 9.17) is 10.5 Å². The van der Waals surface area contributed by atoms with Crippen LogP contribution in [0, 0.1) is 5.92 Å². The summed E-state index contributed by atoms with van der Waals surface area (Å²) in [6.07, 6.45) is 6.70. The fraction of sp³-hybridized carbons (Fsp3) is 0.933. The van der Waals surface area contributed by atoms with Crippen molar-refractivity contribution >= 4 is 5.96 Å². The Morgan fingerprint density at radius 1 is 1.35 bits per heavy atom. The first-order valence-electron chi connectivity index (χ1n) is 8.12. The fourth-order valence-electron chi connectivity index (χ4n) is 2.97. The number of ether oxygens (including phenoxy) is 1. The smallest absolute Gasteiger partial charge is 0.188 e. The van der Waals surface area contributed by atoms with Gasteiger partial charge in [0, 0.05) is 26.2 Å². The Morgan fingerprint density at radius 3 is 2.85 bits per heavy atom. The summed E-state index contributed by atoms with van der Waals surface area (Å²) < 4.78 is 5.55. The van der Waals surface area contributed by atoms with E-state index in [1.165, 1.54) is 32.4 Å². The van der Waals surface area contributed by atoms with E-state index in [0.29, 0.717) is 18.0 Å². The van der Waals surface area contributed by atoms with E-state index >= 15 is 0 Å². The van der Waals surface area contributed by atoms with Crippen molar-refractivity contribution in [2.45, 2.75) is 45.1 Å². The molecule has 2 aliphatic rings. The van der Waals surface area contributed by atoms with Crippen LogP contribution in [0.25, 0.3) is 0 Å². The fourth-order valence-corrected chi connectivity index (χ4v) is 2.97. The maximum atomic E-state index is 5.90. The second-order valence-corrected chi connectivity index (χ2v) is 6.21. The Morgan fingerprint density at radius 2 is 2.15 bits per heavy atom. The molecule has 0 aromatic carbocycles. The Bertz CT molecular complexity index is 296. The van der Waals surface area contributed by atoms with Crippen LogP contribution >= 0.6 is 0 Å². The van der Waals surface area contributed by atoms with Crippen molar-refractivity contribution in [1.29, 1.82) is 0 Å². The first-order valence-corrected chi connectivity index (χ1v) is 8.12. The maximum absolute atomic E-state index is 5.90. The summed E-state index contributed by atoms with van der Waals surface area (Å²) in [7, 11) is 0. The van der Waals surface area contributed by atoms with Gasteiger partial charge in [-0.3, -0.25) is 4.99 Å². The average molecular weight is 282 g/mol.